The normalized spacial score (nSPS) is 16.6. The topological polar surface area (TPSA) is 73.6 Å². The van der Waals surface area contributed by atoms with Crippen molar-refractivity contribution in [2.45, 2.75) is 18.9 Å². The fourth-order valence-corrected chi connectivity index (χ4v) is 1.92. The van der Waals surface area contributed by atoms with Crippen molar-refractivity contribution in [3.05, 3.63) is 23.8 Å². The first kappa shape index (κ1) is 11.7. The lowest BCUT2D eigenvalue weighted by Gasteiger charge is -2.28. The van der Waals surface area contributed by atoms with E-state index in [2.05, 4.69) is 5.32 Å². The molecule has 1 aromatic carbocycles. The quantitative estimate of drug-likeness (QED) is 0.808. The number of nitrogens with two attached hydrogens (primary N) is 1. The van der Waals surface area contributed by atoms with Gasteiger partial charge in [-0.1, -0.05) is 6.07 Å². The number of carbonyl (C=O) groups excluding carboxylic acids is 1. The van der Waals surface area contributed by atoms with Crippen LogP contribution in [0.2, 0.25) is 0 Å². The Hall–Kier alpha value is -1.75. The molecule has 0 aliphatic carbocycles. The highest BCUT2D eigenvalue weighted by atomic mass is 16.7. The van der Waals surface area contributed by atoms with E-state index in [1.165, 1.54) is 0 Å². The smallest absolute Gasteiger partial charge is 0.231 e. The van der Waals surface area contributed by atoms with Crippen LogP contribution >= 0.6 is 0 Å². The van der Waals surface area contributed by atoms with Crippen molar-refractivity contribution >= 4 is 5.91 Å². The van der Waals surface area contributed by atoms with Crippen LogP contribution in [0.25, 0.3) is 0 Å². The van der Waals surface area contributed by atoms with Crippen LogP contribution in [0.1, 0.15) is 18.9 Å². The number of primary amides is 1. The predicted octanol–water partition coefficient (Wildman–Crippen LogP) is 0.725. The summed E-state index contributed by atoms with van der Waals surface area (Å²) in [6.07, 6.45) is 0.225. The lowest BCUT2D eigenvalue weighted by atomic mass is 9.88. The maximum absolute atomic E-state index is 11.1. The summed E-state index contributed by atoms with van der Waals surface area (Å²) in [5.41, 5.74) is 5.72. The molecule has 0 fully saturated rings. The molecule has 0 saturated heterocycles. The highest BCUT2D eigenvalue weighted by Crippen LogP contribution is 2.36. The van der Waals surface area contributed by atoms with Crippen LogP contribution in [0.15, 0.2) is 18.2 Å². The Bertz CT molecular complexity index is 447. The van der Waals surface area contributed by atoms with Crippen molar-refractivity contribution in [2.75, 3.05) is 13.8 Å². The molecule has 5 nitrogen and oxygen atoms in total. The van der Waals surface area contributed by atoms with Crippen molar-refractivity contribution in [3.63, 3.8) is 0 Å². The van der Waals surface area contributed by atoms with E-state index in [0.29, 0.717) is 5.75 Å². The summed E-state index contributed by atoms with van der Waals surface area (Å²) >= 11 is 0. The van der Waals surface area contributed by atoms with Gasteiger partial charge in [0.25, 0.3) is 0 Å². The summed E-state index contributed by atoms with van der Waals surface area (Å²) < 4.78 is 10.6. The zero-order valence-electron chi connectivity index (χ0n) is 9.95. The monoisotopic (exact) mass is 236 g/mol. The average molecular weight is 236 g/mol. The second-order valence-electron chi connectivity index (χ2n) is 4.29. The minimum atomic E-state index is -0.493. The lowest BCUT2D eigenvalue weighted by Crippen LogP contribution is -2.40. The largest absolute Gasteiger partial charge is 0.454 e. The number of hydrogen-bond acceptors (Lipinski definition) is 4. The highest BCUT2D eigenvalue weighted by Gasteiger charge is 2.28. The van der Waals surface area contributed by atoms with Gasteiger partial charge in [0.05, 0.1) is 0 Å². The average Bonchev–Trinajstić information content (AvgIpc) is 2.74. The van der Waals surface area contributed by atoms with Crippen molar-refractivity contribution < 1.29 is 14.3 Å². The molecule has 0 aromatic heterocycles. The molecule has 92 valence electrons. The lowest BCUT2D eigenvalue weighted by molar-refractivity contribution is -0.119. The van der Waals surface area contributed by atoms with E-state index < -0.39 is 5.54 Å². The molecule has 17 heavy (non-hydrogen) atoms. The molecule has 0 radical (unpaired) electrons. The number of hydrogen-bond donors (Lipinski definition) is 2. The van der Waals surface area contributed by atoms with Gasteiger partial charge in [0, 0.05) is 12.0 Å². The molecule has 3 N–H and O–H groups in total. The Kier molecular flexibility index (Phi) is 2.93. The number of amides is 1. The molecule has 1 heterocycles. The van der Waals surface area contributed by atoms with Crippen LogP contribution in [-0.4, -0.2) is 19.7 Å². The molecule has 2 rings (SSSR count). The molecule has 1 atom stereocenters. The summed E-state index contributed by atoms with van der Waals surface area (Å²) in [4.78, 5) is 11.1. The zero-order chi connectivity index (χ0) is 12.5. The predicted molar refractivity (Wildman–Crippen MR) is 62.8 cm³/mol. The van der Waals surface area contributed by atoms with Crippen LogP contribution in [0.4, 0.5) is 0 Å². The molecule has 1 aliphatic heterocycles. The summed E-state index contributed by atoms with van der Waals surface area (Å²) in [6, 6.07) is 5.63. The maximum atomic E-state index is 11.1. The standard InChI is InChI=1S/C12H16N2O3/c1-12(14-2,6-11(13)15)8-3-4-9-10(5-8)17-7-16-9/h3-5,14H,6-7H2,1-2H3,(H2,13,15). The SMILES string of the molecule is CNC(C)(CC(N)=O)c1ccc2c(c1)OCO2. The first-order chi connectivity index (χ1) is 8.05. The third-order valence-electron chi connectivity index (χ3n) is 3.09. The van der Waals surface area contributed by atoms with E-state index in [-0.39, 0.29) is 19.1 Å². The van der Waals surface area contributed by atoms with Gasteiger partial charge in [-0.05, 0) is 31.7 Å². The van der Waals surface area contributed by atoms with Crippen LogP contribution in [-0.2, 0) is 10.3 Å². The molecule has 0 bridgehead atoms. The fourth-order valence-electron chi connectivity index (χ4n) is 1.92. The van der Waals surface area contributed by atoms with Crippen molar-refractivity contribution in [1.82, 2.24) is 5.32 Å². The van der Waals surface area contributed by atoms with Gasteiger partial charge in [-0.15, -0.1) is 0 Å². The third-order valence-corrected chi connectivity index (χ3v) is 3.09. The number of fused-ring (bicyclic) bond motifs is 1. The molecule has 1 amide bonds. The van der Waals surface area contributed by atoms with E-state index >= 15 is 0 Å². The van der Waals surface area contributed by atoms with E-state index in [9.17, 15) is 4.79 Å². The zero-order valence-corrected chi connectivity index (χ0v) is 9.95. The number of nitrogens with one attached hydrogen (secondary N) is 1. The van der Waals surface area contributed by atoms with E-state index in [1.54, 1.807) is 7.05 Å². The Labute approximate surface area is 99.9 Å². The van der Waals surface area contributed by atoms with Crippen molar-refractivity contribution in [3.8, 4) is 11.5 Å². The van der Waals surface area contributed by atoms with Gasteiger partial charge in [0.15, 0.2) is 11.5 Å². The van der Waals surface area contributed by atoms with Crippen molar-refractivity contribution in [1.29, 1.82) is 0 Å². The van der Waals surface area contributed by atoms with Gasteiger partial charge >= 0.3 is 0 Å². The minimum absolute atomic E-state index is 0.225. The second kappa shape index (κ2) is 4.25. The Morgan fingerprint density at radius 3 is 2.82 bits per heavy atom. The molecular formula is C12H16N2O3. The van der Waals surface area contributed by atoms with Gasteiger partial charge < -0.3 is 20.5 Å². The number of rotatable bonds is 4. The van der Waals surface area contributed by atoms with Crippen molar-refractivity contribution in [2.24, 2.45) is 5.73 Å². The summed E-state index contributed by atoms with van der Waals surface area (Å²) in [7, 11) is 1.80. The van der Waals surface area contributed by atoms with Crippen LogP contribution in [0.5, 0.6) is 11.5 Å². The van der Waals surface area contributed by atoms with E-state index in [0.717, 1.165) is 11.3 Å². The first-order valence-corrected chi connectivity index (χ1v) is 5.42. The van der Waals surface area contributed by atoms with Gasteiger partial charge in [0.2, 0.25) is 12.7 Å². The molecule has 5 heteroatoms. The Morgan fingerprint density at radius 1 is 1.47 bits per heavy atom. The molecule has 0 saturated carbocycles. The van der Waals surface area contributed by atoms with Crippen LogP contribution < -0.4 is 20.5 Å². The first-order valence-electron chi connectivity index (χ1n) is 5.42. The second-order valence-corrected chi connectivity index (χ2v) is 4.29. The third kappa shape index (κ3) is 2.19. The van der Waals surface area contributed by atoms with Gasteiger partial charge in [-0.25, -0.2) is 0 Å². The highest BCUT2D eigenvalue weighted by molar-refractivity contribution is 5.75. The molecular weight excluding hydrogens is 220 g/mol. The summed E-state index contributed by atoms with van der Waals surface area (Å²) in [5, 5.41) is 3.12. The number of carbonyl (C=O) groups is 1. The number of ether oxygens (including phenoxy) is 2. The molecule has 1 unspecified atom stereocenters. The molecule has 1 aliphatic rings. The molecule has 1 aromatic rings. The van der Waals surface area contributed by atoms with E-state index in [1.807, 2.05) is 25.1 Å². The van der Waals surface area contributed by atoms with Crippen LogP contribution in [0.3, 0.4) is 0 Å². The number of benzene rings is 1. The molecule has 0 spiro atoms. The minimum Gasteiger partial charge on any atom is -0.454 e. The van der Waals surface area contributed by atoms with Gasteiger partial charge in [0.1, 0.15) is 0 Å². The summed E-state index contributed by atoms with van der Waals surface area (Å²) in [6.45, 7) is 2.17. The maximum Gasteiger partial charge on any atom is 0.231 e. The fraction of sp³-hybridized carbons (Fsp3) is 0.417. The van der Waals surface area contributed by atoms with Crippen LogP contribution in [0, 0.1) is 0 Å². The Balaban J connectivity index is 2.34. The Morgan fingerprint density at radius 2 is 2.18 bits per heavy atom. The van der Waals surface area contributed by atoms with Gasteiger partial charge in [-0.3, -0.25) is 4.79 Å². The van der Waals surface area contributed by atoms with E-state index in [4.69, 9.17) is 15.2 Å². The van der Waals surface area contributed by atoms with Gasteiger partial charge in [-0.2, -0.15) is 0 Å². The summed E-state index contributed by atoms with van der Waals surface area (Å²) in [5.74, 6) is 1.08.